The quantitative estimate of drug-likeness (QED) is 0.618. The minimum atomic E-state index is -0.465. The third-order valence-corrected chi connectivity index (χ3v) is 2.05. The van der Waals surface area contributed by atoms with Gasteiger partial charge in [-0.25, -0.2) is 0 Å². The number of nitro groups is 1. The van der Waals surface area contributed by atoms with E-state index in [0.717, 1.165) is 0 Å². The zero-order valence-corrected chi connectivity index (χ0v) is 8.84. The lowest BCUT2D eigenvalue weighted by Gasteiger charge is -1.93. The predicted octanol–water partition coefficient (Wildman–Crippen LogP) is 2.41. The van der Waals surface area contributed by atoms with Crippen molar-refractivity contribution in [3.63, 3.8) is 0 Å². The van der Waals surface area contributed by atoms with Crippen molar-refractivity contribution < 1.29 is 9.34 Å². The molecule has 2 aromatic rings. The number of nitro benzene ring substituents is 1. The molecule has 0 saturated heterocycles. The van der Waals surface area contributed by atoms with E-state index in [0.29, 0.717) is 11.5 Å². The van der Waals surface area contributed by atoms with E-state index in [2.05, 4.69) is 26.1 Å². The van der Waals surface area contributed by atoms with Crippen LogP contribution < -0.4 is 0 Å². The van der Waals surface area contributed by atoms with Crippen molar-refractivity contribution in [3.05, 3.63) is 39.2 Å². The Morgan fingerprint density at radius 3 is 2.40 bits per heavy atom. The monoisotopic (exact) mass is 269 g/mol. The van der Waals surface area contributed by atoms with Crippen LogP contribution in [0.25, 0.3) is 11.5 Å². The predicted molar refractivity (Wildman–Crippen MR) is 54.1 cm³/mol. The molecule has 1 heterocycles. The van der Waals surface area contributed by atoms with Crippen molar-refractivity contribution in [2.75, 3.05) is 0 Å². The highest BCUT2D eigenvalue weighted by molar-refractivity contribution is 9.10. The van der Waals surface area contributed by atoms with Gasteiger partial charge in [-0.15, -0.1) is 10.2 Å². The molecule has 76 valence electrons. The Balaban J connectivity index is 2.35. The highest BCUT2D eigenvalue weighted by Gasteiger charge is 2.09. The van der Waals surface area contributed by atoms with Gasteiger partial charge in [0.25, 0.3) is 10.5 Å². The van der Waals surface area contributed by atoms with E-state index in [-0.39, 0.29) is 10.5 Å². The Labute approximate surface area is 92.2 Å². The molecule has 7 heteroatoms. The number of benzene rings is 1. The van der Waals surface area contributed by atoms with Gasteiger partial charge in [-0.3, -0.25) is 10.1 Å². The van der Waals surface area contributed by atoms with E-state index in [4.69, 9.17) is 4.42 Å². The molecule has 0 radical (unpaired) electrons. The van der Waals surface area contributed by atoms with Crippen LogP contribution >= 0.6 is 15.9 Å². The van der Waals surface area contributed by atoms with Gasteiger partial charge in [-0.2, -0.15) is 0 Å². The van der Waals surface area contributed by atoms with Crippen LogP contribution in [0.15, 0.2) is 33.5 Å². The summed E-state index contributed by atoms with van der Waals surface area (Å²) in [6.07, 6.45) is 0. The molecule has 0 atom stereocenters. The summed E-state index contributed by atoms with van der Waals surface area (Å²) < 4.78 is 5.09. The fourth-order valence-corrected chi connectivity index (χ4v) is 1.28. The van der Waals surface area contributed by atoms with Gasteiger partial charge < -0.3 is 4.42 Å². The third kappa shape index (κ3) is 2.01. The second-order valence-corrected chi connectivity index (χ2v) is 3.34. The maximum atomic E-state index is 10.4. The van der Waals surface area contributed by atoms with Gasteiger partial charge in [0.2, 0.25) is 5.89 Å². The molecule has 0 unspecified atom stereocenters. The second-order valence-electron chi connectivity index (χ2n) is 2.66. The number of rotatable bonds is 2. The van der Waals surface area contributed by atoms with Gasteiger partial charge in [0, 0.05) is 33.6 Å². The molecule has 0 bridgehead atoms. The summed E-state index contributed by atoms with van der Waals surface area (Å²) in [7, 11) is 0. The molecule has 1 aromatic heterocycles. The van der Waals surface area contributed by atoms with E-state index in [1.165, 1.54) is 12.1 Å². The first-order chi connectivity index (χ1) is 7.16. The Morgan fingerprint density at radius 1 is 1.27 bits per heavy atom. The van der Waals surface area contributed by atoms with Gasteiger partial charge in [0.15, 0.2) is 0 Å². The topological polar surface area (TPSA) is 82.1 Å². The Hall–Kier alpha value is -1.76. The Bertz CT molecular complexity index is 494. The molecule has 0 aliphatic carbocycles. The van der Waals surface area contributed by atoms with Crippen LogP contribution in [0.4, 0.5) is 5.69 Å². The summed E-state index contributed by atoms with van der Waals surface area (Å²) >= 11 is 3.02. The molecule has 0 aliphatic rings. The smallest absolute Gasteiger partial charge is 0.285 e. The average Bonchev–Trinajstić information content (AvgIpc) is 2.65. The first kappa shape index (κ1) is 9.78. The Kier molecular flexibility index (Phi) is 2.46. The van der Waals surface area contributed by atoms with Gasteiger partial charge in [0.05, 0.1) is 4.92 Å². The molecule has 0 fully saturated rings. The van der Waals surface area contributed by atoms with E-state index in [1.54, 1.807) is 12.1 Å². The van der Waals surface area contributed by atoms with Crippen molar-refractivity contribution in [2.24, 2.45) is 0 Å². The van der Waals surface area contributed by atoms with Crippen LogP contribution in [0.2, 0.25) is 0 Å². The SMILES string of the molecule is O=[N+]([O-])c1ccc(-c2nnc(Br)o2)cc1. The van der Waals surface area contributed by atoms with Gasteiger partial charge in [-0.1, -0.05) is 0 Å². The minimum Gasteiger partial charge on any atom is -0.411 e. The number of hydrogen-bond donors (Lipinski definition) is 0. The largest absolute Gasteiger partial charge is 0.411 e. The summed E-state index contributed by atoms with van der Waals surface area (Å²) in [6.45, 7) is 0. The molecule has 15 heavy (non-hydrogen) atoms. The van der Waals surface area contributed by atoms with Crippen LogP contribution in [0.5, 0.6) is 0 Å². The van der Waals surface area contributed by atoms with Gasteiger partial charge >= 0.3 is 0 Å². The maximum absolute atomic E-state index is 10.4. The number of halogens is 1. The molecular weight excluding hydrogens is 266 g/mol. The van der Waals surface area contributed by atoms with Crippen LogP contribution in [-0.4, -0.2) is 15.1 Å². The lowest BCUT2D eigenvalue weighted by atomic mass is 10.2. The number of hydrogen-bond acceptors (Lipinski definition) is 5. The normalized spacial score (nSPS) is 10.2. The third-order valence-electron chi connectivity index (χ3n) is 1.73. The summed E-state index contributed by atoms with van der Waals surface area (Å²) in [5.74, 6) is 0.316. The molecular formula is C8H4BrN3O3. The van der Waals surface area contributed by atoms with E-state index >= 15 is 0 Å². The summed E-state index contributed by atoms with van der Waals surface area (Å²) in [5.41, 5.74) is 0.663. The summed E-state index contributed by atoms with van der Waals surface area (Å²) in [5, 5.41) is 17.7. The van der Waals surface area contributed by atoms with Crippen molar-refractivity contribution in [1.82, 2.24) is 10.2 Å². The zero-order chi connectivity index (χ0) is 10.8. The van der Waals surface area contributed by atoms with E-state index in [1.807, 2.05) is 0 Å². The van der Waals surface area contributed by atoms with Crippen LogP contribution in [0, 0.1) is 10.1 Å². The van der Waals surface area contributed by atoms with Gasteiger partial charge in [-0.05, 0) is 12.1 Å². The lowest BCUT2D eigenvalue weighted by molar-refractivity contribution is -0.384. The molecule has 0 spiro atoms. The first-order valence-corrected chi connectivity index (χ1v) is 4.70. The summed E-state index contributed by atoms with van der Waals surface area (Å²) in [4.78, 5) is 10.2. The molecule has 6 nitrogen and oxygen atoms in total. The fraction of sp³-hybridized carbons (Fsp3) is 0. The second kappa shape index (κ2) is 3.77. The first-order valence-electron chi connectivity index (χ1n) is 3.90. The van der Waals surface area contributed by atoms with Crippen LogP contribution in [0.3, 0.4) is 0 Å². The highest BCUT2D eigenvalue weighted by Crippen LogP contribution is 2.22. The number of non-ortho nitro benzene ring substituents is 1. The van der Waals surface area contributed by atoms with Crippen molar-refractivity contribution in [1.29, 1.82) is 0 Å². The minimum absolute atomic E-state index is 0.0253. The standard InChI is InChI=1S/C8H4BrN3O3/c9-8-11-10-7(15-8)5-1-3-6(4-2-5)12(13)14/h1-4H. The fourth-order valence-electron chi connectivity index (χ4n) is 1.05. The van der Waals surface area contributed by atoms with Crippen LogP contribution in [-0.2, 0) is 0 Å². The molecule has 2 rings (SSSR count). The molecule has 0 saturated carbocycles. The van der Waals surface area contributed by atoms with Crippen molar-refractivity contribution in [3.8, 4) is 11.5 Å². The molecule has 0 aliphatic heterocycles. The van der Waals surface area contributed by atoms with E-state index < -0.39 is 4.92 Å². The summed E-state index contributed by atoms with van der Waals surface area (Å²) in [6, 6.07) is 5.87. The average molecular weight is 270 g/mol. The van der Waals surface area contributed by atoms with Crippen molar-refractivity contribution >= 4 is 21.6 Å². The highest BCUT2D eigenvalue weighted by atomic mass is 79.9. The van der Waals surface area contributed by atoms with E-state index in [9.17, 15) is 10.1 Å². The van der Waals surface area contributed by atoms with Gasteiger partial charge in [0.1, 0.15) is 0 Å². The Morgan fingerprint density at radius 2 is 1.93 bits per heavy atom. The zero-order valence-electron chi connectivity index (χ0n) is 7.25. The lowest BCUT2D eigenvalue weighted by Crippen LogP contribution is -1.87. The van der Waals surface area contributed by atoms with Crippen LogP contribution in [0.1, 0.15) is 0 Å². The molecule has 1 aromatic carbocycles. The number of nitrogens with zero attached hydrogens (tertiary/aromatic N) is 3. The molecule has 0 N–H and O–H groups in total. The number of aromatic nitrogens is 2. The van der Waals surface area contributed by atoms with Crippen molar-refractivity contribution in [2.45, 2.75) is 0 Å². The maximum Gasteiger partial charge on any atom is 0.285 e. The molecule has 0 amide bonds.